The average Bonchev–Trinajstić information content (AvgIpc) is 3.51. The fraction of sp³-hybridized carbons (Fsp3) is 0.476. The number of pyridine rings is 1. The van der Waals surface area contributed by atoms with Gasteiger partial charge in [0.1, 0.15) is 18.4 Å². The molecule has 0 amide bonds. The molecule has 2 aliphatic heterocycles. The molecule has 3 aliphatic rings. The van der Waals surface area contributed by atoms with E-state index in [2.05, 4.69) is 14.7 Å². The number of oxime groups is 1. The first-order valence-electron chi connectivity index (χ1n) is 10.8. The van der Waals surface area contributed by atoms with Gasteiger partial charge in [0.25, 0.3) is 0 Å². The average molecular weight is 512 g/mol. The Labute approximate surface area is 198 Å². The summed E-state index contributed by atoms with van der Waals surface area (Å²) in [5.74, 6) is -3.60. The van der Waals surface area contributed by atoms with Gasteiger partial charge in [0.2, 0.25) is 5.43 Å². The van der Waals surface area contributed by atoms with E-state index < -0.39 is 60.9 Å². The highest BCUT2D eigenvalue weighted by atomic mass is 32.2. The summed E-state index contributed by atoms with van der Waals surface area (Å²) in [6, 6.07) is -0.276. The minimum absolute atomic E-state index is 0.0980. The number of benzene rings is 1. The third-order valence-corrected chi connectivity index (χ3v) is 7.10. The standard InChI is InChI=1S/C21H23F2N5O6S/c1-33-26-12-6-27(9-21(12)7-25-8-21)18-14(22)16(24)13-17(15(18)23)28(10-3-4-10)5-11(19(13)29)20(30)34-35(2,31)32/h5,10,25H,3-4,6-9,24H2,1-2H3/b26-12+. The molecule has 0 unspecified atom stereocenters. The van der Waals surface area contributed by atoms with Crippen LogP contribution in [0.5, 0.6) is 0 Å². The minimum Gasteiger partial charge on any atom is -0.399 e. The molecule has 3 N–H and O–H groups in total. The van der Waals surface area contributed by atoms with E-state index in [9.17, 15) is 18.0 Å². The zero-order chi connectivity index (χ0) is 25.3. The second kappa shape index (κ2) is 7.88. The molecular formula is C21H23F2N5O6S. The Morgan fingerprint density at radius 2 is 1.97 bits per heavy atom. The molecule has 5 rings (SSSR count). The molecule has 1 aromatic heterocycles. The number of aromatic nitrogens is 1. The van der Waals surface area contributed by atoms with E-state index in [0.29, 0.717) is 37.9 Å². The number of fused-ring (bicyclic) bond motifs is 1. The van der Waals surface area contributed by atoms with Crippen molar-refractivity contribution in [1.82, 2.24) is 9.88 Å². The molecular weight excluding hydrogens is 488 g/mol. The Hall–Kier alpha value is -3.26. The quantitative estimate of drug-likeness (QED) is 0.337. The van der Waals surface area contributed by atoms with E-state index >= 15 is 8.78 Å². The van der Waals surface area contributed by atoms with E-state index in [1.54, 1.807) is 0 Å². The van der Waals surface area contributed by atoms with Crippen LogP contribution in [0.1, 0.15) is 29.2 Å². The van der Waals surface area contributed by atoms with Gasteiger partial charge in [0, 0.05) is 31.9 Å². The number of carbonyl (C=O) groups excluding carboxylic acids is 1. The Morgan fingerprint density at radius 1 is 1.29 bits per heavy atom. The normalized spacial score (nSPS) is 20.5. The van der Waals surface area contributed by atoms with Crippen LogP contribution in [0, 0.1) is 17.0 Å². The predicted octanol–water partition coefficient (Wildman–Crippen LogP) is 0.725. The van der Waals surface area contributed by atoms with Crippen molar-refractivity contribution in [3.8, 4) is 0 Å². The Kier molecular flexibility index (Phi) is 5.29. The second-order valence-electron chi connectivity index (χ2n) is 9.16. The number of nitrogens with zero attached hydrogens (tertiary/aromatic N) is 3. The lowest BCUT2D eigenvalue weighted by Crippen LogP contribution is -2.58. The molecule has 14 heteroatoms. The van der Waals surface area contributed by atoms with Gasteiger partial charge in [-0.25, -0.2) is 13.6 Å². The molecule has 2 saturated heterocycles. The van der Waals surface area contributed by atoms with Crippen molar-refractivity contribution in [3.63, 3.8) is 0 Å². The zero-order valence-electron chi connectivity index (χ0n) is 18.9. The number of halogens is 2. The SMILES string of the molecule is CO/N=C1\CN(c2c(F)c(N)c3c(=O)c(C(=O)OS(C)(=O)=O)cn(C4CC4)c3c2F)CC12CNC2. The molecule has 188 valence electrons. The first kappa shape index (κ1) is 23.5. The monoisotopic (exact) mass is 511 g/mol. The highest BCUT2D eigenvalue weighted by molar-refractivity contribution is 7.86. The summed E-state index contributed by atoms with van der Waals surface area (Å²) in [5.41, 5.74) is 3.15. The molecule has 0 radical (unpaired) electrons. The van der Waals surface area contributed by atoms with Crippen molar-refractivity contribution in [2.75, 3.05) is 50.2 Å². The number of hydrogen-bond donors (Lipinski definition) is 2. The lowest BCUT2D eigenvalue weighted by molar-refractivity contribution is 0.0746. The summed E-state index contributed by atoms with van der Waals surface area (Å²) in [7, 11) is -2.84. The maximum atomic E-state index is 16.1. The third kappa shape index (κ3) is 3.71. The third-order valence-electron chi connectivity index (χ3n) is 6.64. The molecule has 1 saturated carbocycles. The maximum absolute atomic E-state index is 16.1. The number of carbonyl (C=O) groups is 1. The van der Waals surface area contributed by atoms with Gasteiger partial charge in [-0.15, -0.1) is 0 Å². The predicted molar refractivity (Wildman–Crippen MR) is 123 cm³/mol. The highest BCUT2D eigenvalue weighted by Gasteiger charge is 2.50. The molecule has 35 heavy (non-hydrogen) atoms. The molecule has 1 spiro atoms. The lowest BCUT2D eigenvalue weighted by atomic mass is 9.79. The lowest BCUT2D eigenvalue weighted by Gasteiger charge is -2.39. The van der Waals surface area contributed by atoms with Gasteiger partial charge in [-0.05, 0) is 12.8 Å². The van der Waals surface area contributed by atoms with Crippen molar-refractivity contribution in [3.05, 3.63) is 33.6 Å². The van der Waals surface area contributed by atoms with Crippen LogP contribution in [-0.2, 0) is 19.1 Å². The molecule has 1 aliphatic carbocycles. The van der Waals surface area contributed by atoms with E-state index in [-0.39, 0.29) is 24.6 Å². The number of anilines is 2. The highest BCUT2D eigenvalue weighted by Crippen LogP contribution is 2.44. The topological polar surface area (TPSA) is 145 Å². The summed E-state index contributed by atoms with van der Waals surface area (Å²) in [4.78, 5) is 31.9. The summed E-state index contributed by atoms with van der Waals surface area (Å²) in [6.07, 6.45) is 2.94. The number of hydrogen-bond acceptors (Lipinski definition) is 10. The van der Waals surface area contributed by atoms with Gasteiger partial charge in [0.05, 0.1) is 40.5 Å². The number of rotatable bonds is 5. The summed E-state index contributed by atoms with van der Waals surface area (Å²) >= 11 is 0. The fourth-order valence-corrected chi connectivity index (χ4v) is 5.16. The first-order chi connectivity index (χ1) is 16.5. The largest absolute Gasteiger partial charge is 0.399 e. The van der Waals surface area contributed by atoms with Crippen LogP contribution in [0.2, 0.25) is 0 Å². The number of nitrogens with two attached hydrogens (primary N) is 1. The summed E-state index contributed by atoms with van der Waals surface area (Å²) in [6.45, 7) is 1.49. The number of nitrogen functional groups attached to an aromatic ring is 1. The van der Waals surface area contributed by atoms with Crippen molar-refractivity contribution in [2.24, 2.45) is 10.6 Å². The van der Waals surface area contributed by atoms with Crippen molar-refractivity contribution < 1.29 is 31.0 Å². The van der Waals surface area contributed by atoms with Gasteiger partial charge < -0.3 is 29.5 Å². The number of nitrogens with one attached hydrogen (secondary N) is 1. The molecule has 3 fully saturated rings. The van der Waals surface area contributed by atoms with Crippen molar-refractivity contribution in [1.29, 1.82) is 0 Å². The van der Waals surface area contributed by atoms with Gasteiger partial charge in [-0.1, -0.05) is 5.16 Å². The van der Waals surface area contributed by atoms with Crippen LogP contribution in [0.4, 0.5) is 20.2 Å². The molecule has 0 bridgehead atoms. The van der Waals surface area contributed by atoms with E-state index in [0.717, 1.165) is 6.20 Å². The van der Waals surface area contributed by atoms with Crippen molar-refractivity contribution in [2.45, 2.75) is 18.9 Å². The van der Waals surface area contributed by atoms with Crippen LogP contribution in [0.3, 0.4) is 0 Å². The van der Waals surface area contributed by atoms with Crippen LogP contribution >= 0.6 is 0 Å². The Bertz CT molecular complexity index is 1460. The second-order valence-corrected chi connectivity index (χ2v) is 10.7. The molecule has 3 heterocycles. The van der Waals surface area contributed by atoms with Gasteiger partial charge in [-0.2, -0.15) is 8.42 Å². The molecule has 11 nitrogen and oxygen atoms in total. The van der Waals surface area contributed by atoms with Gasteiger partial charge >= 0.3 is 16.1 Å². The maximum Gasteiger partial charge on any atom is 0.359 e. The van der Waals surface area contributed by atoms with E-state index in [4.69, 9.17) is 10.6 Å². The zero-order valence-corrected chi connectivity index (χ0v) is 19.7. The van der Waals surface area contributed by atoms with Gasteiger partial charge in [-0.3, -0.25) is 4.79 Å². The fourth-order valence-electron chi connectivity index (χ4n) is 4.80. The first-order valence-corrected chi connectivity index (χ1v) is 12.6. The van der Waals surface area contributed by atoms with Crippen LogP contribution in [0.15, 0.2) is 16.1 Å². The molecule has 1 aromatic carbocycles. The minimum atomic E-state index is -4.23. The van der Waals surface area contributed by atoms with Crippen LogP contribution in [0.25, 0.3) is 10.9 Å². The van der Waals surface area contributed by atoms with Crippen molar-refractivity contribution >= 4 is 44.1 Å². The van der Waals surface area contributed by atoms with Crippen LogP contribution in [-0.4, -0.2) is 64.2 Å². The smallest absolute Gasteiger partial charge is 0.359 e. The Balaban J connectivity index is 1.72. The summed E-state index contributed by atoms with van der Waals surface area (Å²) in [5, 5.41) is 6.65. The van der Waals surface area contributed by atoms with Crippen LogP contribution < -0.4 is 21.4 Å². The molecule has 0 atom stereocenters. The van der Waals surface area contributed by atoms with Gasteiger partial charge in [0.15, 0.2) is 11.6 Å². The van der Waals surface area contributed by atoms with E-state index in [1.165, 1.54) is 16.6 Å². The van der Waals surface area contributed by atoms with E-state index in [1.807, 2.05) is 0 Å². The molecule has 2 aromatic rings. The summed E-state index contributed by atoms with van der Waals surface area (Å²) < 4.78 is 60.2. The Morgan fingerprint density at radius 3 is 2.51 bits per heavy atom.